The molecule has 6 nitrogen and oxygen atoms in total. The Kier molecular flexibility index (Phi) is 4.11. The van der Waals surface area contributed by atoms with E-state index in [1.165, 1.54) is 6.33 Å². The number of carbonyl (C=O) groups excluding carboxylic acids is 1. The Morgan fingerprint density at radius 3 is 2.80 bits per heavy atom. The number of rotatable bonds is 2. The third-order valence-electron chi connectivity index (χ3n) is 2.90. The maximum Gasteiger partial charge on any atom is 0.410 e. The van der Waals surface area contributed by atoms with Gasteiger partial charge in [-0.25, -0.2) is 14.8 Å². The van der Waals surface area contributed by atoms with Gasteiger partial charge in [0.25, 0.3) is 0 Å². The summed E-state index contributed by atoms with van der Waals surface area (Å²) in [6.07, 6.45) is 1.85. The van der Waals surface area contributed by atoms with Crippen LogP contribution in [0.4, 0.5) is 4.79 Å². The first kappa shape index (κ1) is 14.6. The highest BCUT2D eigenvalue weighted by atomic mass is 16.6. The lowest BCUT2D eigenvalue weighted by molar-refractivity contribution is 0.0219. The van der Waals surface area contributed by atoms with Crippen LogP contribution in [-0.4, -0.2) is 39.7 Å². The highest BCUT2D eigenvalue weighted by molar-refractivity contribution is 5.68. The molecule has 0 saturated heterocycles. The van der Waals surface area contributed by atoms with Gasteiger partial charge in [-0.2, -0.15) is 0 Å². The van der Waals surface area contributed by atoms with Gasteiger partial charge >= 0.3 is 6.09 Å². The fraction of sp³-hybridized carbons (Fsp3) is 0.643. The van der Waals surface area contributed by atoms with Crippen LogP contribution in [0.5, 0.6) is 5.88 Å². The number of nitrogens with zero attached hydrogens (tertiary/aromatic N) is 3. The average Bonchev–Trinajstić information content (AvgIpc) is 2.37. The molecule has 0 atom stereocenters. The second-order valence-electron chi connectivity index (χ2n) is 5.69. The van der Waals surface area contributed by atoms with Crippen molar-refractivity contribution in [3.8, 4) is 5.88 Å². The quantitative estimate of drug-likeness (QED) is 0.830. The van der Waals surface area contributed by atoms with E-state index in [9.17, 15) is 4.79 Å². The first-order chi connectivity index (χ1) is 9.40. The van der Waals surface area contributed by atoms with Crippen molar-refractivity contribution in [3.05, 3.63) is 17.6 Å². The molecule has 0 unspecified atom stereocenters. The monoisotopic (exact) mass is 279 g/mol. The summed E-state index contributed by atoms with van der Waals surface area (Å²) >= 11 is 0. The molecule has 2 heterocycles. The Hall–Kier alpha value is -1.85. The van der Waals surface area contributed by atoms with Crippen molar-refractivity contribution in [1.82, 2.24) is 14.9 Å². The van der Waals surface area contributed by atoms with E-state index in [2.05, 4.69) is 9.97 Å². The van der Waals surface area contributed by atoms with Gasteiger partial charge in [0.05, 0.1) is 18.8 Å². The lowest BCUT2D eigenvalue weighted by atomic mass is 10.1. The van der Waals surface area contributed by atoms with Crippen LogP contribution in [0.25, 0.3) is 0 Å². The van der Waals surface area contributed by atoms with Crippen LogP contribution < -0.4 is 4.74 Å². The largest absolute Gasteiger partial charge is 0.478 e. The molecule has 2 rings (SSSR count). The lowest BCUT2D eigenvalue weighted by Gasteiger charge is -2.30. The van der Waals surface area contributed by atoms with Crippen LogP contribution in [0.15, 0.2) is 6.33 Å². The SMILES string of the molecule is CCOc1ncnc2c1CCN(C(=O)OC(C)(C)C)C2. The van der Waals surface area contributed by atoms with E-state index in [-0.39, 0.29) is 6.09 Å². The summed E-state index contributed by atoms with van der Waals surface area (Å²) in [6.45, 7) is 9.10. The van der Waals surface area contributed by atoms with E-state index in [0.29, 0.717) is 32.0 Å². The zero-order chi connectivity index (χ0) is 14.8. The summed E-state index contributed by atoms with van der Waals surface area (Å²) in [5.41, 5.74) is 1.34. The molecule has 0 saturated carbocycles. The molecule has 6 heteroatoms. The number of hydrogen-bond donors (Lipinski definition) is 0. The van der Waals surface area contributed by atoms with Crippen molar-refractivity contribution < 1.29 is 14.3 Å². The predicted octanol–water partition coefficient (Wildman–Crippen LogP) is 2.17. The van der Waals surface area contributed by atoms with Gasteiger partial charge in [-0.05, 0) is 34.1 Å². The molecule has 1 amide bonds. The number of hydrogen-bond acceptors (Lipinski definition) is 5. The van der Waals surface area contributed by atoms with Crippen LogP contribution in [0.2, 0.25) is 0 Å². The highest BCUT2D eigenvalue weighted by Crippen LogP contribution is 2.25. The molecule has 0 radical (unpaired) electrons. The smallest absolute Gasteiger partial charge is 0.410 e. The third kappa shape index (κ3) is 3.37. The minimum atomic E-state index is -0.487. The molecule has 1 aliphatic rings. The van der Waals surface area contributed by atoms with E-state index in [1.54, 1.807) is 4.90 Å². The molecule has 20 heavy (non-hydrogen) atoms. The zero-order valence-corrected chi connectivity index (χ0v) is 12.5. The fourth-order valence-electron chi connectivity index (χ4n) is 2.07. The van der Waals surface area contributed by atoms with E-state index >= 15 is 0 Å². The van der Waals surface area contributed by atoms with Crippen molar-refractivity contribution in [3.63, 3.8) is 0 Å². The Morgan fingerprint density at radius 2 is 2.15 bits per heavy atom. The Labute approximate surface area is 119 Å². The fourth-order valence-corrected chi connectivity index (χ4v) is 2.07. The van der Waals surface area contributed by atoms with E-state index in [1.807, 2.05) is 27.7 Å². The van der Waals surface area contributed by atoms with Crippen molar-refractivity contribution in [2.75, 3.05) is 13.2 Å². The second-order valence-corrected chi connectivity index (χ2v) is 5.69. The Balaban J connectivity index is 2.11. The lowest BCUT2D eigenvalue weighted by Crippen LogP contribution is -2.40. The molecule has 0 aliphatic carbocycles. The van der Waals surface area contributed by atoms with Crippen LogP contribution in [0, 0.1) is 0 Å². The molecule has 0 spiro atoms. The van der Waals surface area contributed by atoms with E-state index in [0.717, 1.165) is 11.3 Å². The Bertz CT molecular complexity index is 497. The third-order valence-corrected chi connectivity index (χ3v) is 2.90. The number of aromatic nitrogens is 2. The summed E-state index contributed by atoms with van der Waals surface area (Å²) in [7, 11) is 0. The highest BCUT2D eigenvalue weighted by Gasteiger charge is 2.28. The summed E-state index contributed by atoms with van der Waals surface area (Å²) in [4.78, 5) is 22.1. The molecule has 1 aromatic rings. The predicted molar refractivity (Wildman–Crippen MR) is 73.5 cm³/mol. The molecule has 1 aliphatic heterocycles. The second kappa shape index (κ2) is 5.64. The van der Waals surface area contributed by atoms with Gasteiger partial charge in [0.15, 0.2) is 0 Å². The van der Waals surface area contributed by atoms with Gasteiger partial charge in [0, 0.05) is 12.1 Å². The minimum absolute atomic E-state index is 0.306. The number of amides is 1. The van der Waals surface area contributed by atoms with Gasteiger partial charge in [-0.15, -0.1) is 0 Å². The van der Waals surface area contributed by atoms with Gasteiger partial charge in [-0.1, -0.05) is 0 Å². The minimum Gasteiger partial charge on any atom is -0.478 e. The zero-order valence-electron chi connectivity index (χ0n) is 12.5. The number of fused-ring (bicyclic) bond motifs is 1. The van der Waals surface area contributed by atoms with Crippen LogP contribution in [0.1, 0.15) is 39.0 Å². The molecule has 0 aromatic carbocycles. The van der Waals surface area contributed by atoms with Crippen molar-refractivity contribution in [2.24, 2.45) is 0 Å². The van der Waals surface area contributed by atoms with Crippen molar-refractivity contribution >= 4 is 6.09 Å². The van der Waals surface area contributed by atoms with Gasteiger partial charge in [0.1, 0.15) is 11.9 Å². The van der Waals surface area contributed by atoms with Crippen LogP contribution in [-0.2, 0) is 17.7 Å². The number of ether oxygens (including phenoxy) is 2. The summed E-state index contributed by atoms with van der Waals surface area (Å²) in [6, 6.07) is 0. The van der Waals surface area contributed by atoms with Crippen LogP contribution in [0.3, 0.4) is 0 Å². The van der Waals surface area contributed by atoms with Gasteiger partial charge in [0.2, 0.25) is 5.88 Å². The average molecular weight is 279 g/mol. The first-order valence-corrected chi connectivity index (χ1v) is 6.84. The summed E-state index contributed by atoms with van der Waals surface area (Å²) in [5.74, 6) is 0.626. The molecular formula is C14H21N3O3. The molecular weight excluding hydrogens is 258 g/mol. The maximum absolute atomic E-state index is 12.1. The summed E-state index contributed by atoms with van der Waals surface area (Å²) in [5, 5.41) is 0. The molecule has 0 bridgehead atoms. The molecule has 110 valence electrons. The maximum atomic E-state index is 12.1. The normalized spacial score (nSPS) is 14.7. The first-order valence-electron chi connectivity index (χ1n) is 6.84. The van der Waals surface area contributed by atoms with Crippen LogP contribution >= 0.6 is 0 Å². The van der Waals surface area contributed by atoms with E-state index in [4.69, 9.17) is 9.47 Å². The standard InChI is InChI=1S/C14H21N3O3/c1-5-19-12-10-6-7-17(8-11(10)15-9-16-12)13(18)20-14(2,3)4/h9H,5-8H2,1-4H3. The summed E-state index contributed by atoms with van der Waals surface area (Å²) < 4.78 is 10.9. The molecule has 0 N–H and O–H groups in total. The molecule has 1 aromatic heterocycles. The van der Waals surface area contributed by atoms with Gasteiger partial charge < -0.3 is 14.4 Å². The van der Waals surface area contributed by atoms with Crippen molar-refractivity contribution in [1.29, 1.82) is 0 Å². The number of carbonyl (C=O) groups is 1. The van der Waals surface area contributed by atoms with Gasteiger partial charge in [-0.3, -0.25) is 0 Å². The Morgan fingerprint density at radius 1 is 1.40 bits per heavy atom. The molecule has 0 fully saturated rings. The van der Waals surface area contributed by atoms with Crippen molar-refractivity contribution in [2.45, 2.75) is 46.3 Å². The van der Waals surface area contributed by atoms with E-state index < -0.39 is 5.60 Å². The topological polar surface area (TPSA) is 64.6 Å².